The Labute approximate surface area is 209 Å². The summed E-state index contributed by atoms with van der Waals surface area (Å²) in [4.78, 5) is 47.5. The molecule has 0 saturated carbocycles. The number of nitrogens with one attached hydrogen (secondary N) is 1. The molecule has 0 bridgehead atoms. The fourth-order valence-corrected chi connectivity index (χ4v) is 2.84. The second kappa shape index (κ2) is 13.7. The molecule has 2 aromatic rings. The maximum Gasteiger partial charge on any atom is 0.431 e. The van der Waals surface area contributed by atoms with Gasteiger partial charge in [0.25, 0.3) is 11.1 Å². The molecule has 8 nitrogen and oxygen atoms in total. The Kier molecular flexibility index (Phi) is 13.1. The Morgan fingerprint density at radius 1 is 0.838 bits per heavy atom. The van der Waals surface area contributed by atoms with E-state index in [-0.39, 0.29) is 44.8 Å². The number of aryl methyl sites for hydroxylation is 2. The number of hydrogen-bond acceptors (Lipinski definition) is 6. The molecule has 2 rings (SSSR count). The van der Waals surface area contributed by atoms with Crippen LogP contribution in [-0.4, -0.2) is 34.7 Å². The average Bonchev–Trinajstić information content (AvgIpc) is 2.69. The van der Waals surface area contributed by atoms with E-state index in [1.54, 1.807) is 11.9 Å². The van der Waals surface area contributed by atoms with Crippen molar-refractivity contribution < 1.29 is 45.4 Å². The summed E-state index contributed by atoms with van der Waals surface area (Å²) in [5.41, 5.74) is -5.29. The predicted molar refractivity (Wildman–Crippen MR) is 124 cm³/mol. The van der Waals surface area contributed by atoms with Crippen LogP contribution >= 0.6 is 0 Å². The van der Waals surface area contributed by atoms with Gasteiger partial charge in [-0.3, -0.25) is 9.59 Å². The van der Waals surface area contributed by atoms with Gasteiger partial charge in [-0.05, 0) is 51.0 Å². The van der Waals surface area contributed by atoms with Gasteiger partial charge >= 0.3 is 24.3 Å². The molecule has 0 spiro atoms. The van der Waals surface area contributed by atoms with Crippen LogP contribution in [0.15, 0.2) is 21.7 Å². The van der Waals surface area contributed by atoms with Gasteiger partial charge in [0.2, 0.25) is 0 Å². The van der Waals surface area contributed by atoms with E-state index in [1.165, 1.54) is 20.8 Å². The molecule has 2 aromatic heterocycles. The van der Waals surface area contributed by atoms with Crippen LogP contribution in [0.25, 0.3) is 0 Å². The number of pyridine rings is 2. The van der Waals surface area contributed by atoms with E-state index in [4.69, 9.17) is 0 Å². The van der Waals surface area contributed by atoms with Crippen molar-refractivity contribution in [3.63, 3.8) is 0 Å². The Hall–Kier alpha value is -3.58. The summed E-state index contributed by atoms with van der Waals surface area (Å²) in [6.07, 6.45) is -9.30. The molecular formula is C23H30F6N2O6. The summed E-state index contributed by atoms with van der Waals surface area (Å²) in [6, 6.07) is 1.46. The molecule has 2 heterocycles. The van der Waals surface area contributed by atoms with Crippen molar-refractivity contribution in [3.05, 3.63) is 66.5 Å². The Morgan fingerprint density at radius 2 is 1.27 bits per heavy atom. The maximum absolute atomic E-state index is 12.6. The third-order valence-electron chi connectivity index (χ3n) is 4.41. The molecule has 0 aliphatic carbocycles. The zero-order valence-corrected chi connectivity index (χ0v) is 19.2. The number of aromatic nitrogens is 2. The minimum atomic E-state index is -4.66. The first-order chi connectivity index (χ1) is 16.0. The van der Waals surface area contributed by atoms with Crippen LogP contribution in [0.2, 0.25) is 0 Å². The molecule has 210 valence electrons. The van der Waals surface area contributed by atoms with E-state index < -0.39 is 52.4 Å². The molecule has 14 heteroatoms. The number of carbonyl (C=O) groups is 2. The first kappa shape index (κ1) is 35.6. The van der Waals surface area contributed by atoms with Crippen molar-refractivity contribution in [2.24, 2.45) is 7.05 Å². The van der Waals surface area contributed by atoms with Crippen molar-refractivity contribution >= 4 is 11.9 Å². The molecular weight excluding hydrogens is 514 g/mol. The lowest BCUT2D eigenvalue weighted by Gasteiger charge is -2.14. The number of esters is 2. The fourth-order valence-electron chi connectivity index (χ4n) is 2.84. The summed E-state index contributed by atoms with van der Waals surface area (Å²) in [7, 11) is 0.966. The summed E-state index contributed by atoms with van der Waals surface area (Å²) < 4.78 is 84.5. The third-order valence-corrected chi connectivity index (χ3v) is 4.41. The molecule has 0 atom stereocenters. The monoisotopic (exact) mass is 544 g/mol. The highest BCUT2D eigenvalue weighted by Crippen LogP contribution is 2.29. The molecule has 37 heavy (non-hydrogen) atoms. The van der Waals surface area contributed by atoms with Crippen LogP contribution < -0.4 is 11.1 Å². The van der Waals surface area contributed by atoms with E-state index in [2.05, 4.69) is 9.47 Å². The van der Waals surface area contributed by atoms with Gasteiger partial charge in [-0.1, -0.05) is 14.9 Å². The zero-order chi connectivity index (χ0) is 27.3. The highest BCUT2D eigenvalue weighted by Gasteiger charge is 2.35. The van der Waals surface area contributed by atoms with Gasteiger partial charge in [-0.2, -0.15) is 26.3 Å². The summed E-state index contributed by atoms with van der Waals surface area (Å²) in [6.45, 7) is 5.67. The predicted octanol–water partition coefficient (Wildman–Crippen LogP) is 5.04. The number of H-pyrrole nitrogens is 1. The van der Waals surface area contributed by atoms with E-state index in [9.17, 15) is 45.5 Å². The minimum Gasteiger partial charge on any atom is -0.462 e. The number of hydrogen-bond donors (Lipinski definition) is 1. The summed E-state index contributed by atoms with van der Waals surface area (Å²) in [5, 5.41) is 0. The van der Waals surface area contributed by atoms with Gasteiger partial charge in [-0.25, -0.2) is 9.59 Å². The van der Waals surface area contributed by atoms with E-state index in [0.29, 0.717) is 10.6 Å². The first-order valence-corrected chi connectivity index (χ1v) is 9.90. The smallest absolute Gasteiger partial charge is 0.431 e. The van der Waals surface area contributed by atoms with Gasteiger partial charge in [0.1, 0.15) is 22.5 Å². The van der Waals surface area contributed by atoms with Crippen molar-refractivity contribution in [2.45, 2.75) is 54.9 Å². The van der Waals surface area contributed by atoms with Crippen molar-refractivity contribution in [3.8, 4) is 0 Å². The SMILES string of the molecule is C.C.CCOC(=O)c1c(C)cc(C(F)(F)F)[nH]c1=O.CCOC(=O)c1c(C)cc(C(F)(F)F)n(C)c1=O. The number of halogens is 6. The standard InChI is InChI=1S/C11H12F3NO3.C10H10F3NO3.2CH4/c1-4-18-10(17)8-6(2)5-7(11(12,13)14)15(3)9(8)16;1-3-17-9(16)7-5(2)4-6(10(11,12)13)14-8(7)15;;/h5H,4H2,1-3H3;4H,3H2,1-2H3,(H,14,15);2*1H4. The van der Waals surface area contributed by atoms with Gasteiger partial charge in [0.05, 0.1) is 13.2 Å². The van der Waals surface area contributed by atoms with Crippen LogP contribution in [0.5, 0.6) is 0 Å². The van der Waals surface area contributed by atoms with Crippen LogP contribution in [0, 0.1) is 13.8 Å². The largest absolute Gasteiger partial charge is 0.462 e. The molecule has 0 aliphatic heterocycles. The molecule has 0 aliphatic rings. The van der Waals surface area contributed by atoms with Crippen LogP contribution in [-0.2, 0) is 28.9 Å². The lowest BCUT2D eigenvalue weighted by molar-refractivity contribution is -0.144. The number of carbonyl (C=O) groups excluding carboxylic acids is 2. The lowest BCUT2D eigenvalue weighted by atomic mass is 10.1. The zero-order valence-electron chi connectivity index (χ0n) is 19.2. The number of aromatic amines is 1. The van der Waals surface area contributed by atoms with Gasteiger partial charge in [0, 0.05) is 7.05 Å². The molecule has 0 radical (unpaired) electrons. The second-order valence-electron chi connectivity index (χ2n) is 6.96. The highest BCUT2D eigenvalue weighted by atomic mass is 19.4. The molecule has 1 N–H and O–H groups in total. The maximum atomic E-state index is 12.6. The van der Waals surface area contributed by atoms with E-state index >= 15 is 0 Å². The van der Waals surface area contributed by atoms with Crippen LogP contribution in [0.4, 0.5) is 26.3 Å². The minimum absolute atomic E-state index is 0. The number of rotatable bonds is 4. The summed E-state index contributed by atoms with van der Waals surface area (Å²) in [5.74, 6) is -1.84. The topological polar surface area (TPSA) is 107 Å². The Bertz CT molecular complexity index is 1210. The van der Waals surface area contributed by atoms with Gasteiger partial charge in [0.15, 0.2) is 0 Å². The van der Waals surface area contributed by atoms with Crippen molar-refractivity contribution in [1.82, 2.24) is 9.55 Å². The lowest BCUT2D eigenvalue weighted by Crippen LogP contribution is -2.31. The molecule has 0 amide bonds. The van der Waals surface area contributed by atoms with Gasteiger partial charge in [-0.15, -0.1) is 0 Å². The van der Waals surface area contributed by atoms with E-state index in [1.807, 2.05) is 0 Å². The molecule has 0 saturated heterocycles. The molecule has 0 aromatic carbocycles. The molecule has 0 fully saturated rings. The number of alkyl halides is 6. The first-order valence-electron chi connectivity index (χ1n) is 9.90. The van der Waals surface area contributed by atoms with E-state index in [0.717, 1.165) is 13.1 Å². The normalized spacial score (nSPS) is 10.8. The van der Waals surface area contributed by atoms with Crippen molar-refractivity contribution in [1.29, 1.82) is 0 Å². The molecule has 0 unspecified atom stereocenters. The Morgan fingerprint density at radius 3 is 1.65 bits per heavy atom. The fraction of sp³-hybridized carbons (Fsp3) is 0.478. The highest BCUT2D eigenvalue weighted by molar-refractivity contribution is 5.91. The number of nitrogens with zero attached hydrogens (tertiary/aromatic N) is 1. The quantitative estimate of drug-likeness (QED) is 0.427. The van der Waals surface area contributed by atoms with Crippen LogP contribution in [0.3, 0.4) is 0 Å². The van der Waals surface area contributed by atoms with Crippen molar-refractivity contribution in [2.75, 3.05) is 13.2 Å². The number of ether oxygens (including phenoxy) is 2. The van der Waals surface area contributed by atoms with Crippen LogP contribution in [0.1, 0.15) is 71.9 Å². The average molecular weight is 544 g/mol. The third kappa shape index (κ3) is 8.79. The summed E-state index contributed by atoms with van der Waals surface area (Å²) >= 11 is 0. The Balaban J connectivity index is 0. The van der Waals surface area contributed by atoms with Gasteiger partial charge < -0.3 is 19.0 Å². The second-order valence-corrected chi connectivity index (χ2v) is 6.96.